The fourth-order valence-corrected chi connectivity index (χ4v) is 1.99. The normalized spacial score (nSPS) is 16.8. The van der Waals surface area contributed by atoms with Gasteiger partial charge in [0.25, 0.3) is 0 Å². The summed E-state index contributed by atoms with van der Waals surface area (Å²) in [6.45, 7) is 5.76. The molecule has 0 fully saturated rings. The molecule has 0 saturated carbocycles. The zero-order chi connectivity index (χ0) is 13.7. The topological polar surface area (TPSA) is 35.5 Å². The maximum atomic E-state index is 11.2. The molecule has 100 valence electrons. The van der Waals surface area contributed by atoms with Gasteiger partial charge in [-0.2, -0.15) is 0 Å². The minimum atomic E-state index is -0.373. The summed E-state index contributed by atoms with van der Waals surface area (Å²) >= 11 is 0. The second kappa shape index (κ2) is 6.23. The molecule has 0 N–H and O–H groups in total. The minimum absolute atomic E-state index is 0.244. The number of allylic oxidation sites excluding steroid dienone is 7. The van der Waals surface area contributed by atoms with E-state index in [1.165, 1.54) is 11.1 Å². The molecule has 0 atom stereocenters. The molecule has 0 heterocycles. The Balaban J connectivity index is 1.81. The molecule has 2 aliphatic rings. The summed E-state index contributed by atoms with van der Waals surface area (Å²) in [5.74, 6) is 0.517. The minimum Gasteiger partial charge on any atom is -0.490 e. The van der Waals surface area contributed by atoms with E-state index in [2.05, 4.69) is 30.9 Å². The van der Waals surface area contributed by atoms with Gasteiger partial charge in [-0.05, 0) is 31.4 Å². The van der Waals surface area contributed by atoms with Gasteiger partial charge >= 0.3 is 5.97 Å². The summed E-state index contributed by atoms with van der Waals surface area (Å²) in [6, 6.07) is 0. The van der Waals surface area contributed by atoms with Crippen LogP contribution in [-0.2, 0) is 14.3 Å². The molecule has 0 saturated heterocycles. The molecule has 0 bridgehead atoms. The van der Waals surface area contributed by atoms with Crippen molar-refractivity contribution in [1.82, 2.24) is 0 Å². The number of hydrogen-bond donors (Lipinski definition) is 0. The Kier molecular flexibility index (Phi) is 4.39. The highest BCUT2D eigenvalue weighted by Gasteiger charge is 2.15. The van der Waals surface area contributed by atoms with Gasteiger partial charge in [-0.25, -0.2) is 4.79 Å². The SMILES string of the molecule is C=C(C)C(=O)OCCOC1=C(C2=CC=CC2)CC=C1. The van der Waals surface area contributed by atoms with Crippen molar-refractivity contribution < 1.29 is 14.3 Å². The Morgan fingerprint density at radius 1 is 1.32 bits per heavy atom. The van der Waals surface area contributed by atoms with E-state index >= 15 is 0 Å². The van der Waals surface area contributed by atoms with E-state index in [1.54, 1.807) is 6.92 Å². The van der Waals surface area contributed by atoms with Crippen LogP contribution in [0.3, 0.4) is 0 Å². The van der Waals surface area contributed by atoms with Crippen LogP contribution in [0.5, 0.6) is 0 Å². The van der Waals surface area contributed by atoms with Crippen LogP contribution in [0.15, 0.2) is 59.4 Å². The fraction of sp³-hybridized carbons (Fsp3) is 0.312. The van der Waals surface area contributed by atoms with Crippen LogP contribution in [0.4, 0.5) is 0 Å². The van der Waals surface area contributed by atoms with E-state index in [0.717, 1.165) is 18.6 Å². The number of rotatable bonds is 6. The highest BCUT2D eigenvalue weighted by molar-refractivity contribution is 5.86. The summed E-state index contributed by atoms with van der Waals surface area (Å²) in [5, 5.41) is 0. The van der Waals surface area contributed by atoms with E-state index in [9.17, 15) is 4.79 Å². The highest BCUT2D eigenvalue weighted by Crippen LogP contribution is 2.30. The lowest BCUT2D eigenvalue weighted by molar-refractivity contribution is -0.140. The summed E-state index contributed by atoms with van der Waals surface area (Å²) in [6.07, 6.45) is 12.3. The maximum Gasteiger partial charge on any atom is 0.333 e. The molecule has 0 aromatic heterocycles. The van der Waals surface area contributed by atoms with E-state index < -0.39 is 0 Å². The van der Waals surface area contributed by atoms with Crippen LogP contribution in [0.1, 0.15) is 19.8 Å². The second-order valence-corrected chi connectivity index (χ2v) is 4.54. The third-order valence-corrected chi connectivity index (χ3v) is 2.97. The van der Waals surface area contributed by atoms with Gasteiger partial charge in [-0.1, -0.05) is 30.9 Å². The Morgan fingerprint density at radius 2 is 2.16 bits per heavy atom. The molecule has 3 heteroatoms. The number of hydrogen-bond acceptors (Lipinski definition) is 3. The first-order valence-corrected chi connectivity index (χ1v) is 6.39. The predicted octanol–water partition coefficient (Wildman–Crippen LogP) is 3.22. The lowest BCUT2D eigenvalue weighted by Gasteiger charge is -2.11. The summed E-state index contributed by atoms with van der Waals surface area (Å²) in [7, 11) is 0. The van der Waals surface area contributed by atoms with E-state index in [-0.39, 0.29) is 12.6 Å². The lowest BCUT2D eigenvalue weighted by Crippen LogP contribution is -2.10. The third-order valence-electron chi connectivity index (χ3n) is 2.97. The van der Waals surface area contributed by atoms with Crippen LogP contribution in [-0.4, -0.2) is 19.2 Å². The van der Waals surface area contributed by atoms with Gasteiger partial charge in [0.2, 0.25) is 0 Å². The molecule has 0 aromatic rings. The van der Waals surface area contributed by atoms with E-state index in [0.29, 0.717) is 12.2 Å². The fourth-order valence-electron chi connectivity index (χ4n) is 1.99. The zero-order valence-corrected chi connectivity index (χ0v) is 11.1. The molecule has 0 radical (unpaired) electrons. The standard InChI is InChI=1S/C16H18O3/c1-12(2)16(17)19-11-10-18-15-9-5-8-14(15)13-6-3-4-7-13/h3-6,9H,1,7-8,10-11H2,2H3. The highest BCUT2D eigenvalue weighted by atomic mass is 16.6. The first-order chi connectivity index (χ1) is 9.18. The monoisotopic (exact) mass is 258 g/mol. The lowest BCUT2D eigenvalue weighted by atomic mass is 10.0. The van der Waals surface area contributed by atoms with Gasteiger partial charge in [-0.15, -0.1) is 0 Å². The van der Waals surface area contributed by atoms with Crippen LogP contribution in [0.2, 0.25) is 0 Å². The Hall–Kier alpha value is -2.03. The Bertz CT molecular complexity index is 504. The first kappa shape index (κ1) is 13.4. The van der Waals surface area contributed by atoms with Crippen molar-refractivity contribution >= 4 is 5.97 Å². The van der Waals surface area contributed by atoms with Crippen molar-refractivity contribution in [1.29, 1.82) is 0 Å². The molecule has 0 spiro atoms. The number of carbonyl (C=O) groups is 1. The van der Waals surface area contributed by atoms with Crippen LogP contribution >= 0.6 is 0 Å². The van der Waals surface area contributed by atoms with Gasteiger partial charge in [-0.3, -0.25) is 0 Å². The average molecular weight is 258 g/mol. The predicted molar refractivity (Wildman–Crippen MR) is 74.3 cm³/mol. The molecular formula is C16H18O3. The first-order valence-electron chi connectivity index (χ1n) is 6.39. The van der Waals surface area contributed by atoms with Crippen molar-refractivity contribution in [3.8, 4) is 0 Å². The Morgan fingerprint density at radius 3 is 2.84 bits per heavy atom. The van der Waals surface area contributed by atoms with Crippen LogP contribution in [0, 0.1) is 0 Å². The maximum absolute atomic E-state index is 11.2. The Labute approximate surface area is 113 Å². The summed E-state index contributed by atoms with van der Waals surface area (Å²) < 4.78 is 10.7. The average Bonchev–Trinajstić information content (AvgIpc) is 3.04. The summed E-state index contributed by atoms with van der Waals surface area (Å²) in [4.78, 5) is 11.2. The second-order valence-electron chi connectivity index (χ2n) is 4.54. The van der Waals surface area contributed by atoms with Crippen LogP contribution in [0.25, 0.3) is 0 Å². The molecule has 0 unspecified atom stereocenters. The van der Waals surface area contributed by atoms with Crippen molar-refractivity contribution in [2.24, 2.45) is 0 Å². The molecule has 0 aliphatic heterocycles. The smallest absolute Gasteiger partial charge is 0.333 e. The summed E-state index contributed by atoms with van der Waals surface area (Å²) in [5.41, 5.74) is 2.94. The van der Waals surface area contributed by atoms with E-state index in [4.69, 9.17) is 9.47 Å². The van der Waals surface area contributed by atoms with Crippen molar-refractivity contribution in [3.05, 3.63) is 59.4 Å². The van der Waals surface area contributed by atoms with Crippen LogP contribution < -0.4 is 0 Å². The third kappa shape index (κ3) is 3.47. The van der Waals surface area contributed by atoms with Gasteiger partial charge in [0, 0.05) is 11.1 Å². The molecule has 19 heavy (non-hydrogen) atoms. The zero-order valence-electron chi connectivity index (χ0n) is 11.1. The largest absolute Gasteiger partial charge is 0.490 e. The van der Waals surface area contributed by atoms with Gasteiger partial charge in [0.05, 0.1) is 0 Å². The number of carbonyl (C=O) groups excluding carboxylic acids is 1. The van der Waals surface area contributed by atoms with E-state index in [1.807, 2.05) is 6.08 Å². The molecule has 2 aliphatic carbocycles. The van der Waals surface area contributed by atoms with Crippen molar-refractivity contribution in [2.75, 3.05) is 13.2 Å². The van der Waals surface area contributed by atoms with Gasteiger partial charge in [0.15, 0.2) is 0 Å². The molecule has 0 amide bonds. The number of esters is 1. The van der Waals surface area contributed by atoms with Gasteiger partial charge < -0.3 is 9.47 Å². The van der Waals surface area contributed by atoms with Gasteiger partial charge in [0.1, 0.15) is 19.0 Å². The molecule has 2 rings (SSSR count). The number of ether oxygens (including phenoxy) is 2. The van der Waals surface area contributed by atoms with Crippen molar-refractivity contribution in [2.45, 2.75) is 19.8 Å². The molecule has 3 nitrogen and oxygen atoms in total. The quantitative estimate of drug-likeness (QED) is 0.417. The molecule has 0 aromatic carbocycles. The van der Waals surface area contributed by atoms with Crippen molar-refractivity contribution in [3.63, 3.8) is 0 Å². The molecular weight excluding hydrogens is 240 g/mol.